The van der Waals surface area contributed by atoms with Gasteiger partial charge in [0.15, 0.2) is 12.1 Å². The predicted molar refractivity (Wildman–Crippen MR) is 182 cm³/mol. The highest BCUT2D eigenvalue weighted by Gasteiger charge is 2.58. The number of ether oxygens (including phenoxy) is 5. The lowest BCUT2D eigenvalue weighted by Crippen LogP contribution is -2.54. The lowest BCUT2D eigenvalue weighted by Gasteiger charge is -2.37. The van der Waals surface area contributed by atoms with Crippen molar-refractivity contribution in [2.24, 2.45) is 0 Å². The molecule has 2 aliphatic rings. The quantitative estimate of drug-likeness (QED) is 0.0975. The van der Waals surface area contributed by atoms with E-state index in [0.717, 1.165) is 19.3 Å². The molecule has 0 spiro atoms. The Bertz CT molecular complexity index is 1020. The summed E-state index contributed by atoms with van der Waals surface area (Å²) in [6.45, 7) is 8.37. The van der Waals surface area contributed by atoms with Gasteiger partial charge < -0.3 is 33.9 Å². The molecule has 1 unspecified atom stereocenters. The number of amides is 2. The topological polar surface area (TPSA) is 95.6 Å². The van der Waals surface area contributed by atoms with E-state index in [2.05, 4.69) is 12.2 Å². The van der Waals surface area contributed by atoms with E-state index in [9.17, 15) is 9.59 Å². The molecule has 2 heterocycles. The van der Waals surface area contributed by atoms with Crippen LogP contribution in [0.4, 0.5) is 10.5 Å². The number of unbranched alkanes of at least 4 members (excludes halogenated alkanes) is 13. The summed E-state index contributed by atoms with van der Waals surface area (Å²) in [6.07, 6.45) is 15.0. The summed E-state index contributed by atoms with van der Waals surface area (Å²) >= 11 is 6.08. The summed E-state index contributed by atoms with van der Waals surface area (Å²) in [5.41, 5.74) is 0.608. The van der Waals surface area contributed by atoms with Gasteiger partial charge in [-0.3, -0.25) is 4.79 Å². The molecule has 0 bridgehead atoms. The van der Waals surface area contributed by atoms with Crippen molar-refractivity contribution in [3.8, 4) is 0 Å². The summed E-state index contributed by atoms with van der Waals surface area (Å²) in [5, 5.41) is 3.57. The largest absolute Gasteiger partial charge is 0.466 e. The van der Waals surface area contributed by atoms with Gasteiger partial charge in [0.05, 0.1) is 19.1 Å². The summed E-state index contributed by atoms with van der Waals surface area (Å²) in [6, 6.07) is 5.96. The number of hydrogen-bond acceptors (Lipinski definition) is 7. The van der Waals surface area contributed by atoms with Gasteiger partial charge in [0.2, 0.25) is 0 Å². The van der Waals surface area contributed by atoms with E-state index in [1.54, 1.807) is 43.2 Å². The van der Waals surface area contributed by atoms with Crippen molar-refractivity contribution in [2.75, 3.05) is 25.6 Å². The standard InChI is InChI=1S/C36H59ClN2O7/c1-6-8-9-10-11-12-13-14-15-16-17-18-19-20-25-39(35(41)38-28-23-21-27(37)22-24-28)29(26-30(40)43-7-2)31-32(42-5)33-34(44-31)46-36(3,4)45-33/h21-24,29,31-34H,6-20,25-26H2,1-5H3,(H,38,41)/t29-,31?,32-,33+,34+/m0/s1. The van der Waals surface area contributed by atoms with Crippen LogP contribution in [0.5, 0.6) is 0 Å². The third-order valence-corrected chi connectivity index (χ3v) is 9.12. The first kappa shape index (κ1) is 38.5. The fraction of sp³-hybridized carbons (Fsp3) is 0.778. The number of benzene rings is 1. The number of rotatable bonds is 22. The molecule has 46 heavy (non-hydrogen) atoms. The van der Waals surface area contributed by atoms with Crippen molar-refractivity contribution < 1.29 is 33.3 Å². The Labute approximate surface area is 282 Å². The van der Waals surface area contributed by atoms with Crippen LogP contribution in [-0.4, -0.2) is 73.6 Å². The van der Waals surface area contributed by atoms with E-state index in [0.29, 0.717) is 17.3 Å². The zero-order valence-corrected chi connectivity index (χ0v) is 29.7. The monoisotopic (exact) mass is 666 g/mol. The van der Waals surface area contributed by atoms with Crippen LogP contribution in [-0.2, 0) is 28.5 Å². The highest BCUT2D eigenvalue weighted by atomic mass is 35.5. The SMILES string of the molecule is CCCCCCCCCCCCCCCCN(C(=O)Nc1ccc(Cl)cc1)[C@@H](CC(=O)OCC)C1O[C@@H]2OC(C)(C)O[C@@H]2[C@H]1OC. The van der Waals surface area contributed by atoms with Gasteiger partial charge in [-0.25, -0.2) is 4.79 Å². The van der Waals surface area contributed by atoms with Gasteiger partial charge in [0, 0.05) is 24.4 Å². The maximum atomic E-state index is 13.9. The molecule has 2 amide bonds. The van der Waals surface area contributed by atoms with E-state index >= 15 is 0 Å². The molecular formula is C36H59ClN2O7. The second kappa shape index (κ2) is 20.5. The Morgan fingerprint density at radius 1 is 0.891 bits per heavy atom. The van der Waals surface area contributed by atoms with Crippen LogP contribution >= 0.6 is 11.6 Å². The zero-order valence-electron chi connectivity index (χ0n) is 28.9. The van der Waals surface area contributed by atoms with Gasteiger partial charge in [-0.05, 0) is 51.5 Å². The molecule has 10 heteroatoms. The van der Waals surface area contributed by atoms with Crippen LogP contribution < -0.4 is 5.32 Å². The number of hydrogen-bond donors (Lipinski definition) is 1. The van der Waals surface area contributed by atoms with Gasteiger partial charge in [-0.15, -0.1) is 0 Å². The molecule has 5 atom stereocenters. The minimum absolute atomic E-state index is 0.0478. The van der Waals surface area contributed by atoms with Gasteiger partial charge in [-0.2, -0.15) is 0 Å². The first-order valence-corrected chi connectivity index (χ1v) is 18.1. The number of halogens is 1. The van der Waals surface area contributed by atoms with Gasteiger partial charge >= 0.3 is 12.0 Å². The van der Waals surface area contributed by atoms with Crippen LogP contribution in [0.2, 0.25) is 5.02 Å². The summed E-state index contributed by atoms with van der Waals surface area (Å²) in [4.78, 5) is 28.5. The molecule has 262 valence electrons. The zero-order chi connectivity index (χ0) is 33.4. The van der Waals surface area contributed by atoms with E-state index in [4.69, 9.17) is 35.3 Å². The molecule has 3 rings (SSSR count). The molecule has 2 fully saturated rings. The van der Waals surface area contributed by atoms with Crippen LogP contribution in [0.3, 0.4) is 0 Å². The number of anilines is 1. The van der Waals surface area contributed by atoms with Crippen molar-refractivity contribution in [2.45, 2.75) is 160 Å². The average Bonchev–Trinajstić information content (AvgIpc) is 3.50. The maximum Gasteiger partial charge on any atom is 0.322 e. The van der Waals surface area contributed by atoms with Crippen molar-refractivity contribution in [1.29, 1.82) is 0 Å². The van der Waals surface area contributed by atoms with Gasteiger partial charge in [0.25, 0.3) is 0 Å². The Morgan fingerprint density at radius 2 is 1.46 bits per heavy atom. The lowest BCUT2D eigenvalue weighted by atomic mass is 9.98. The molecular weight excluding hydrogens is 608 g/mol. The highest BCUT2D eigenvalue weighted by molar-refractivity contribution is 6.30. The minimum Gasteiger partial charge on any atom is -0.466 e. The summed E-state index contributed by atoms with van der Waals surface area (Å²) < 4.78 is 29.7. The number of nitrogens with zero attached hydrogens (tertiary/aromatic N) is 1. The van der Waals surface area contributed by atoms with Crippen molar-refractivity contribution >= 4 is 29.3 Å². The van der Waals surface area contributed by atoms with E-state index < -0.39 is 42.4 Å². The summed E-state index contributed by atoms with van der Waals surface area (Å²) in [5.74, 6) is -1.23. The second-order valence-electron chi connectivity index (χ2n) is 13.1. The molecule has 1 N–H and O–H groups in total. The fourth-order valence-electron chi connectivity index (χ4n) is 6.50. The Hall–Kier alpha value is -1.91. The van der Waals surface area contributed by atoms with Crippen LogP contribution in [0.25, 0.3) is 0 Å². The Kier molecular flexibility index (Phi) is 17.1. The number of esters is 1. The van der Waals surface area contributed by atoms with Crippen LogP contribution in [0.15, 0.2) is 24.3 Å². The predicted octanol–water partition coefficient (Wildman–Crippen LogP) is 8.87. The van der Waals surface area contributed by atoms with E-state index in [1.807, 2.05) is 13.8 Å². The Balaban J connectivity index is 1.61. The van der Waals surface area contributed by atoms with Gasteiger partial charge in [0.1, 0.15) is 18.3 Å². The number of methoxy groups -OCH3 is 1. The van der Waals surface area contributed by atoms with Crippen LogP contribution in [0.1, 0.15) is 124 Å². The third-order valence-electron chi connectivity index (χ3n) is 8.87. The number of nitrogens with one attached hydrogen (secondary N) is 1. The molecule has 1 aromatic carbocycles. The first-order valence-electron chi connectivity index (χ1n) is 17.7. The van der Waals surface area contributed by atoms with E-state index in [1.165, 1.54) is 70.6 Å². The third kappa shape index (κ3) is 12.6. The van der Waals surface area contributed by atoms with Crippen molar-refractivity contribution in [3.05, 3.63) is 29.3 Å². The fourth-order valence-corrected chi connectivity index (χ4v) is 6.63. The van der Waals surface area contributed by atoms with E-state index in [-0.39, 0.29) is 19.1 Å². The smallest absolute Gasteiger partial charge is 0.322 e. The maximum absolute atomic E-state index is 13.9. The average molecular weight is 667 g/mol. The first-order chi connectivity index (χ1) is 22.2. The van der Waals surface area contributed by atoms with Crippen molar-refractivity contribution in [3.63, 3.8) is 0 Å². The molecule has 9 nitrogen and oxygen atoms in total. The summed E-state index contributed by atoms with van der Waals surface area (Å²) in [7, 11) is 1.59. The molecule has 0 aliphatic carbocycles. The Morgan fingerprint density at radius 3 is 2.00 bits per heavy atom. The number of urea groups is 1. The molecule has 0 aromatic heterocycles. The minimum atomic E-state index is -0.826. The second-order valence-corrected chi connectivity index (χ2v) is 13.5. The number of fused-ring (bicyclic) bond motifs is 1. The molecule has 0 saturated carbocycles. The normalized spacial score (nSPS) is 22.4. The molecule has 1 aromatic rings. The number of carbonyl (C=O) groups excluding carboxylic acids is 2. The highest BCUT2D eigenvalue weighted by Crippen LogP contribution is 2.41. The van der Waals surface area contributed by atoms with Crippen LogP contribution in [0, 0.1) is 0 Å². The molecule has 2 aliphatic heterocycles. The van der Waals surface area contributed by atoms with Crippen molar-refractivity contribution in [1.82, 2.24) is 4.90 Å². The molecule has 2 saturated heterocycles. The lowest BCUT2D eigenvalue weighted by molar-refractivity contribution is -0.223. The number of carbonyl (C=O) groups is 2. The molecule has 0 radical (unpaired) electrons. The van der Waals surface area contributed by atoms with Gasteiger partial charge in [-0.1, -0.05) is 102 Å².